The quantitative estimate of drug-likeness (QED) is 0.413. The van der Waals surface area contributed by atoms with E-state index < -0.39 is 0 Å². The summed E-state index contributed by atoms with van der Waals surface area (Å²) in [4.78, 5) is 12.0. The number of rotatable bonds is 4. The number of aromatic nitrogens is 2. The lowest BCUT2D eigenvalue weighted by atomic mass is 9.87. The van der Waals surface area contributed by atoms with Gasteiger partial charge in [-0.25, -0.2) is 4.98 Å². The number of guanidine groups is 1. The van der Waals surface area contributed by atoms with Gasteiger partial charge in [-0.15, -0.1) is 24.0 Å². The zero-order chi connectivity index (χ0) is 18.0. The van der Waals surface area contributed by atoms with Crippen molar-refractivity contribution in [3.8, 4) is 0 Å². The van der Waals surface area contributed by atoms with Crippen molar-refractivity contribution in [2.24, 2.45) is 10.4 Å². The molecule has 1 N–H and O–H groups in total. The minimum Gasteiger partial charge on any atom is -0.381 e. The van der Waals surface area contributed by atoms with Crippen LogP contribution >= 0.6 is 24.0 Å². The van der Waals surface area contributed by atoms with Gasteiger partial charge in [-0.2, -0.15) is 0 Å². The number of nitrogens with zero attached hydrogens (tertiary/aromatic N) is 4. The average molecular weight is 483 g/mol. The molecule has 4 rings (SSSR count). The summed E-state index contributed by atoms with van der Waals surface area (Å²) in [6, 6.07) is 8.31. The first-order chi connectivity index (χ1) is 12.7. The number of fused-ring (bicyclic) bond motifs is 1. The van der Waals surface area contributed by atoms with Gasteiger partial charge in [0.25, 0.3) is 0 Å². The van der Waals surface area contributed by atoms with Crippen LogP contribution in [0.15, 0.2) is 29.3 Å². The molecular weight excluding hydrogens is 453 g/mol. The van der Waals surface area contributed by atoms with Crippen LogP contribution in [-0.4, -0.2) is 59.8 Å². The summed E-state index contributed by atoms with van der Waals surface area (Å²) < 4.78 is 7.92. The number of aliphatic imine (C=N–C) groups is 1. The van der Waals surface area contributed by atoms with E-state index in [-0.39, 0.29) is 24.0 Å². The monoisotopic (exact) mass is 483 g/mol. The third kappa shape index (κ3) is 4.23. The minimum absolute atomic E-state index is 0. The van der Waals surface area contributed by atoms with Crippen LogP contribution in [0.25, 0.3) is 11.0 Å². The summed E-state index contributed by atoms with van der Waals surface area (Å²) in [5.74, 6) is 2.09. The number of halogens is 1. The molecule has 2 aromatic rings. The lowest BCUT2D eigenvalue weighted by molar-refractivity contribution is 0.156. The lowest BCUT2D eigenvalue weighted by Crippen LogP contribution is -2.41. The van der Waals surface area contributed by atoms with Crippen LogP contribution in [0, 0.1) is 12.3 Å². The van der Waals surface area contributed by atoms with E-state index in [1.165, 1.54) is 18.4 Å². The minimum atomic E-state index is 0. The molecule has 7 heteroatoms. The van der Waals surface area contributed by atoms with Crippen LogP contribution in [0.3, 0.4) is 0 Å². The molecule has 148 valence electrons. The van der Waals surface area contributed by atoms with E-state index in [0.717, 1.165) is 63.2 Å². The molecule has 0 aliphatic carbocycles. The molecule has 2 saturated heterocycles. The topological polar surface area (TPSA) is 54.7 Å². The van der Waals surface area contributed by atoms with Crippen molar-refractivity contribution in [1.82, 2.24) is 19.8 Å². The van der Waals surface area contributed by atoms with E-state index >= 15 is 0 Å². The molecule has 0 radical (unpaired) electrons. The van der Waals surface area contributed by atoms with Crippen LogP contribution in [0.1, 0.15) is 25.6 Å². The summed E-state index contributed by atoms with van der Waals surface area (Å²) >= 11 is 0. The number of aryl methyl sites for hydroxylation is 1. The predicted molar refractivity (Wildman–Crippen MR) is 120 cm³/mol. The second kappa shape index (κ2) is 8.77. The Morgan fingerprint density at radius 1 is 1.33 bits per heavy atom. The molecule has 1 aromatic heterocycles. The van der Waals surface area contributed by atoms with Gasteiger partial charge in [0.1, 0.15) is 5.82 Å². The number of likely N-dealkylation sites (tertiary alicyclic amines) is 1. The van der Waals surface area contributed by atoms with Crippen molar-refractivity contribution < 1.29 is 4.74 Å². The molecule has 3 heterocycles. The highest BCUT2D eigenvalue weighted by Gasteiger charge is 2.42. The second-order valence-corrected chi connectivity index (χ2v) is 7.51. The number of hydrogen-bond acceptors (Lipinski definition) is 3. The van der Waals surface area contributed by atoms with E-state index in [2.05, 4.69) is 51.8 Å². The Hall–Kier alpha value is -1.35. The van der Waals surface area contributed by atoms with E-state index in [1.807, 2.05) is 6.07 Å². The first-order valence-corrected chi connectivity index (χ1v) is 9.74. The predicted octanol–water partition coefficient (Wildman–Crippen LogP) is 3.04. The van der Waals surface area contributed by atoms with Gasteiger partial charge in [0, 0.05) is 38.2 Å². The van der Waals surface area contributed by atoms with Crippen molar-refractivity contribution in [3.63, 3.8) is 0 Å². The molecular formula is C20H30IN5O. The normalized spacial score (nSPS) is 22.6. The van der Waals surface area contributed by atoms with Crippen LogP contribution in [0.2, 0.25) is 0 Å². The van der Waals surface area contributed by atoms with E-state index in [1.54, 1.807) is 0 Å². The fraction of sp³-hybridized carbons (Fsp3) is 0.600. The van der Waals surface area contributed by atoms with Gasteiger partial charge in [0.15, 0.2) is 5.96 Å². The summed E-state index contributed by atoms with van der Waals surface area (Å²) in [7, 11) is 0. The van der Waals surface area contributed by atoms with Crippen molar-refractivity contribution in [3.05, 3.63) is 30.1 Å². The Kier molecular flexibility index (Phi) is 6.62. The number of hydrogen-bond donors (Lipinski definition) is 1. The molecule has 6 nitrogen and oxygen atoms in total. The maximum Gasteiger partial charge on any atom is 0.193 e. The van der Waals surface area contributed by atoms with Gasteiger partial charge in [-0.1, -0.05) is 12.1 Å². The van der Waals surface area contributed by atoms with Crippen LogP contribution in [0.5, 0.6) is 0 Å². The zero-order valence-electron chi connectivity index (χ0n) is 16.3. The molecule has 1 spiro atoms. The van der Waals surface area contributed by atoms with Gasteiger partial charge in [0.05, 0.1) is 24.2 Å². The highest BCUT2D eigenvalue weighted by atomic mass is 127. The molecule has 0 saturated carbocycles. The third-order valence-electron chi connectivity index (χ3n) is 5.69. The molecule has 1 atom stereocenters. The van der Waals surface area contributed by atoms with E-state index in [4.69, 9.17) is 9.73 Å². The van der Waals surface area contributed by atoms with Gasteiger partial charge in [0.2, 0.25) is 0 Å². The molecule has 2 fully saturated rings. The Morgan fingerprint density at radius 3 is 2.96 bits per heavy atom. The Labute approximate surface area is 178 Å². The molecule has 2 aliphatic rings. The second-order valence-electron chi connectivity index (χ2n) is 7.51. The third-order valence-corrected chi connectivity index (χ3v) is 5.69. The number of benzene rings is 1. The molecule has 0 amide bonds. The highest BCUT2D eigenvalue weighted by molar-refractivity contribution is 14.0. The molecule has 1 unspecified atom stereocenters. The van der Waals surface area contributed by atoms with E-state index in [9.17, 15) is 0 Å². The number of imidazole rings is 1. The van der Waals surface area contributed by atoms with Crippen LogP contribution in [-0.2, 0) is 11.3 Å². The standard InChI is InChI=1S/C20H29N5O.HI/c1-3-21-19(24-11-8-20(14-24)9-13-26-15-20)22-10-12-25-16(2)23-17-6-4-5-7-18(17)25;/h4-7H,3,8-15H2,1-2H3,(H,21,22);1H. The smallest absolute Gasteiger partial charge is 0.193 e. The Morgan fingerprint density at radius 2 is 2.19 bits per heavy atom. The van der Waals surface area contributed by atoms with Crippen molar-refractivity contribution in [2.45, 2.75) is 33.2 Å². The summed E-state index contributed by atoms with van der Waals surface area (Å²) in [6.07, 6.45) is 2.39. The summed E-state index contributed by atoms with van der Waals surface area (Å²) in [5, 5.41) is 3.47. The maximum atomic E-state index is 5.66. The van der Waals surface area contributed by atoms with Crippen molar-refractivity contribution >= 4 is 41.0 Å². The van der Waals surface area contributed by atoms with Crippen molar-refractivity contribution in [2.75, 3.05) is 39.4 Å². The van der Waals surface area contributed by atoms with Crippen LogP contribution in [0.4, 0.5) is 0 Å². The average Bonchev–Trinajstić information content (AvgIpc) is 3.35. The van der Waals surface area contributed by atoms with Gasteiger partial charge >= 0.3 is 0 Å². The fourth-order valence-electron chi connectivity index (χ4n) is 4.25. The van der Waals surface area contributed by atoms with Crippen molar-refractivity contribution in [1.29, 1.82) is 0 Å². The van der Waals surface area contributed by atoms with Gasteiger partial charge < -0.3 is 19.5 Å². The number of para-hydroxylation sites is 2. The zero-order valence-corrected chi connectivity index (χ0v) is 18.6. The summed E-state index contributed by atoms with van der Waals surface area (Å²) in [5.41, 5.74) is 2.60. The Bertz CT molecular complexity index is 797. The lowest BCUT2D eigenvalue weighted by Gasteiger charge is -2.25. The number of nitrogens with one attached hydrogen (secondary N) is 1. The van der Waals surface area contributed by atoms with E-state index in [0.29, 0.717) is 5.41 Å². The highest BCUT2D eigenvalue weighted by Crippen LogP contribution is 2.38. The van der Waals surface area contributed by atoms with Crippen LogP contribution < -0.4 is 5.32 Å². The largest absolute Gasteiger partial charge is 0.381 e. The SMILES string of the molecule is CCNC(=NCCn1c(C)nc2ccccc21)N1CCC2(CCOC2)C1.I. The van der Waals surface area contributed by atoms with Gasteiger partial charge in [-0.05, 0) is 38.8 Å². The Balaban J connectivity index is 0.00000210. The first-order valence-electron chi connectivity index (χ1n) is 9.74. The molecule has 2 aliphatic heterocycles. The number of ether oxygens (including phenoxy) is 1. The molecule has 1 aromatic carbocycles. The molecule has 0 bridgehead atoms. The fourth-order valence-corrected chi connectivity index (χ4v) is 4.25. The maximum absolute atomic E-state index is 5.66. The molecule has 27 heavy (non-hydrogen) atoms. The van der Waals surface area contributed by atoms with Gasteiger partial charge in [-0.3, -0.25) is 4.99 Å². The first kappa shape index (κ1) is 20.4. The summed E-state index contributed by atoms with van der Waals surface area (Å²) in [6.45, 7) is 10.7.